The molecule has 0 saturated carbocycles. The van der Waals surface area contributed by atoms with Crippen LogP contribution in [0.5, 0.6) is 5.75 Å². The molecule has 2 rings (SSSR count). The number of rotatable bonds is 3. The van der Waals surface area contributed by atoms with Gasteiger partial charge in [0.2, 0.25) is 0 Å². The largest absolute Gasteiger partial charge is 0.489 e. The maximum absolute atomic E-state index is 11.0. The van der Waals surface area contributed by atoms with Crippen LogP contribution in [0.15, 0.2) is 52.2 Å². The third-order valence-corrected chi connectivity index (χ3v) is 1.98. The summed E-state index contributed by atoms with van der Waals surface area (Å²) < 4.78 is 10.4. The van der Waals surface area contributed by atoms with E-state index in [1.54, 1.807) is 24.3 Å². The van der Waals surface area contributed by atoms with E-state index in [0.717, 1.165) is 5.39 Å². The van der Waals surface area contributed by atoms with Gasteiger partial charge in [0.25, 0.3) is 0 Å². The van der Waals surface area contributed by atoms with E-state index in [9.17, 15) is 4.79 Å². The minimum Gasteiger partial charge on any atom is -0.489 e. The second-order valence-corrected chi connectivity index (χ2v) is 3.02. The Morgan fingerprint density at radius 1 is 1.33 bits per heavy atom. The van der Waals surface area contributed by atoms with Crippen LogP contribution in [0, 0.1) is 0 Å². The zero-order valence-electron chi connectivity index (χ0n) is 8.10. The molecule has 3 heteroatoms. The van der Waals surface area contributed by atoms with Gasteiger partial charge in [0.05, 0.1) is 5.39 Å². The van der Waals surface area contributed by atoms with Gasteiger partial charge in [0.1, 0.15) is 17.9 Å². The van der Waals surface area contributed by atoms with Crippen molar-refractivity contribution in [3.8, 4) is 5.75 Å². The Hall–Kier alpha value is -2.03. The van der Waals surface area contributed by atoms with Crippen LogP contribution in [0.3, 0.4) is 0 Å². The van der Waals surface area contributed by atoms with Crippen LogP contribution in [-0.2, 0) is 0 Å². The average Bonchev–Trinajstić information content (AvgIpc) is 2.25. The number of fused-ring (bicyclic) bond motifs is 1. The summed E-state index contributed by atoms with van der Waals surface area (Å²) >= 11 is 0. The van der Waals surface area contributed by atoms with E-state index >= 15 is 0 Å². The lowest BCUT2D eigenvalue weighted by Crippen LogP contribution is -1.97. The van der Waals surface area contributed by atoms with Crippen LogP contribution in [-0.4, -0.2) is 6.61 Å². The van der Waals surface area contributed by atoms with E-state index in [4.69, 9.17) is 9.15 Å². The van der Waals surface area contributed by atoms with Gasteiger partial charge in [0.15, 0.2) is 0 Å². The number of hydrogen-bond acceptors (Lipinski definition) is 3. The minimum absolute atomic E-state index is 0.358. The molecule has 76 valence electrons. The van der Waals surface area contributed by atoms with Crippen LogP contribution in [0.4, 0.5) is 0 Å². The minimum atomic E-state index is -0.358. The highest BCUT2D eigenvalue weighted by atomic mass is 16.5. The fraction of sp³-hybridized carbons (Fsp3) is 0.0833. The fourth-order valence-corrected chi connectivity index (χ4v) is 1.35. The Bertz CT molecular complexity index is 540. The van der Waals surface area contributed by atoms with E-state index in [-0.39, 0.29) is 5.63 Å². The molecule has 0 fully saturated rings. The van der Waals surface area contributed by atoms with Crippen molar-refractivity contribution in [2.24, 2.45) is 0 Å². The molecule has 0 amide bonds. The molecule has 2 aromatic rings. The van der Waals surface area contributed by atoms with Crippen molar-refractivity contribution in [3.63, 3.8) is 0 Å². The smallest absolute Gasteiger partial charge is 0.336 e. The Morgan fingerprint density at radius 3 is 3.00 bits per heavy atom. The SMILES string of the molecule is C=CCOc1cccc2oc(=O)ccc12. The van der Waals surface area contributed by atoms with Gasteiger partial charge in [-0.05, 0) is 18.2 Å². The molecule has 0 bridgehead atoms. The number of ether oxygens (including phenoxy) is 1. The predicted molar refractivity (Wildman–Crippen MR) is 58.2 cm³/mol. The second kappa shape index (κ2) is 4.00. The summed E-state index contributed by atoms with van der Waals surface area (Å²) in [6, 6.07) is 8.41. The van der Waals surface area contributed by atoms with Crippen molar-refractivity contribution in [1.82, 2.24) is 0 Å². The first-order valence-corrected chi connectivity index (χ1v) is 4.58. The summed E-state index contributed by atoms with van der Waals surface area (Å²) in [6.07, 6.45) is 1.66. The molecular formula is C12H10O3. The third kappa shape index (κ3) is 1.91. The van der Waals surface area contributed by atoms with Crippen molar-refractivity contribution in [2.75, 3.05) is 6.61 Å². The van der Waals surface area contributed by atoms with Crippen LogP contribution >= 0.6 is 0 Å². The van der Waals surface area contributed by atoms with Crippen LogP contribution < -0.4 is 10.4 Å². The lowest BCUT2D eigenvalue weighted by Gasteiger charge is -2.05. The first kappa shape index (κ1) is 9.52. The summed E-state index contributed by atoms with van der Waals surface area (Å²) in [6.45, 7) is 4.00. The Labute approximate surface area is 86.6 Å². The van der Waals surface area contributed by atoms with Gasteiger partial charge in [-0.25, -0.2) is 4.79 Å². The summed E-state index contributed by atoms with van der Waals surface area (Å²) in [5, 5.41) is 0.791. The second-order valence-electron chi connectivity index (χ2n) is 3.02. The van der Waals surface area contributed by atoms with E-state index in [0.29, 0.717) is 17.9 Å². The Morgan fingerprint density at radius 2 is 2.20 bits per heavy atom. The molecule has 0 aliphatic rings. The summed E-state index contributed by atoms with van der Waals surface area (Å²) in [4.78, 5) is 11.0. The molecule has 0 aliphatic heterocycles. The molecule has 3 nitrogen and oxygen atoms in total. The van der Waals surface area contributed by atoms with Gasteiger partial charge in [-0.3, -0.25) is 0 Å². The maximum atomic E-state index is 11.0. The standard InChI is InChI=1S/C12H10O3/c1-2-8-14-10-4-3-5-11-9(10)6-7-12(13)15-11/h2-7H,1,8H2. The Kier molecular flexibility index (Phi) is 2.54. The highest BCUT2D eigenvalue weighted by Gasteiger charge is 2.02. The first-order chi connectivity index (χ1) is 7.31. The average molecular weight is 202 g/mol. The normalized spacial score (nSPS) is 10.1. The molecule has 1 aromatic carbocycles. The van der Waals surface area contributed by atoms with Gasteiger partial charge in [-0.1, -0.05) is 18.7 Å². The van der Waals surface area contributed by atoms with E-state index in [1.165, 1.54) is 6.07 Å². The quantitative estimate of drug-likeness (QED) is 0.566. The molecular weight excluding hydrogens is 192 g/mol. The predicted octanol–water partition coefficient (Wildman–Crippen LogP) is 2.36. The molecule has 0 atom stereocenters. The monoisotopic (exact) mass is 202 g/mol. The molecule has 0 saturated heterocycles. The zero-order valence-corrected chi connectivity index (χ0v) is 8.10. The van der Waals surface area contributed by atoms with Crippen molar-refractivity contribution < 1.29 is 9.15 Å². The fourth-order valence-electron chi connectivity index (χ4n) is 1.35. The highest BCUT2D eigenvalue weighted by molar-refractivity contribution is 5.83. The van der Waals surface area contributed by atoms with Gasteiger partial charge < -0.3 is 9.15 Å². The molecule has 0 spiro atoms. The molecule has 0 radical (unpaired) electrons. The van der Waals surface area contributed by atoms with Gasteiger partial charge in [-0.15, -0.1) is 0 Å². The zero-order chi connectivity index (χ0) is 10.7. The number of benzene rings is 1. The van der Waals surface area contributed by atoms with Crippen molar-refractivity contribution in [1.29, 1.82) is 0 Å². The molecule has 0 N–H and O–H groups in total. The summed E-state index contributed by atoms with van der Waals surface area (Å²) in [7, 11) is 0. The van der Waals surface area contributed by atoms with E-state index in [1.807, 2.05) is 6.07 Å². The molecule has 1 heterocycles. The van der Waals surface area contributed by atoms with Crippen LogP contribution in [0.1, 0.15) is 0 Å². The topological polar surface area (TPSA) is 39.4 Å². The van der Waals surface area contributed by atoms with Gasteiger partial charge >= 0.3 is 5.63 Å². The van der Waals surface area contributed by atoms with Crippen molar-refractivity contribution in [3.05, 3.63) is 53.4 Å². The summed E-state index contributed by atoms with van der Waals surface area (Å²) in [5.41, 5.74) is 0.174. The summed E-state index contributed by atoms with van der Waals surface area (Å²) in [5.74, 6) is 0.691. The molecule has 0 aliphatic carbocycles. The maximum Gasteiger partial charge on any atom is 0.336 e. The van der Waals surface area contributed by atoms with Crippen molar-refractivity contribution in [2.45, 2.75) is 0 Å². The molecule has 15 heavy (non-hydrogen) atoms. The van der Waals surface area contributed by atoms with E-state index in [2.05, 4.69) is 6.58 Å². The molecule has 0 unspecified atom stereocenters. The lowest BCUT2D eigenvalue weighted by molar-refractivity contribution is 0.367. The third-order valence-electron chi connectivity index (χ3n) is 1.98. The van der Waals surface area contributed by atoms with E-state index < -0.39 is 0 Å². The van der Waals surface area contributed by atoms with Gasteiger partial charge in [0, 0.05) is 6.07 Å². The first-order valence-electron chi connectivity index (χ1n) is 4.58. The van der Waals surface area contributed by atoms with Gasteiger partial charge in [-0.2, -0.15) is 0 Å². The highest BCUT2D eigenvalue weighted by Crippen LogP contribution is 2.23. The van der Waals surface area contributed by atoms with Crippen LogP contribution in [0.25, 0.3) is 11.0 Å². The van der Waals surface area contributed by atoms with Crippen molar-refractivity contribution >= 4 is 11.0 Å². The molecule has 1 aromatic heterocycles. The number of hydrogen-bond donors (Lipinski definition) is 0. The lowest BCUT2D eigenvalue weighted by atomic mass is 10.2. The van der Waals surface area contributed by atoms with Crippen LogP contribution in [0.2, 0.25) is 0 Å². The Balaban J connectivity index is 2.55.